The number of hydrogen-bond acceptors (Lipinski definition) is 5. The third kappa shape index (κ3) is 1.91. The quantitative estimate of drug-likeness (QED) is 0.628. The molecule has 2 fully saturated rings. The zero-order valence-corrected chi connectivity index (χ0v) is 11.2. The molecule has 2 aliphatic carbocycles. The number of carbonyl (C=O) groups is 1. The van der Waals surface area contributed by atoms with E-state index in [1.807, 2.05) is 0 Å². The van der Waals surface area contributed by atoms with Crippen LogP contribution in [0.25, 0.3) is 0 Å². The molecule has 0 N–H and O–H groups in total. The molecule has 0 bridgehead atoms. The highest BCUT2D eigenvalue weighted by atomic mass is 16.6. The summed E-state index contributed by atoms with van der Waals surface area (Å²) < 4.78 is 0. The van der Waals surface area contributed by atoms with Gasteiger partial charge in [-0.25, -0.2) is 0 Å². The summed E-state index contributed by atoms with van der Waals surface area (Å²) in [5, 5.41) is 22.2. The molecule has 1 aromatic rings. The lowest BCUT2D eigenvalue weighted by Gasteiger charge is -2.19. The Morgan fingerprint density at radius 3 is 2.57 bits per heavy atom. The largest absolute Gasteiger partial charge is 0.299 e. The standard InChI is InChI=1S/C14H14N2O5/c17-11-6-1-2-7-14(11)12(13(14)16(20)21)9-4-3-5-10(8-9)15(18)19/h3-5,8,12-13H,1-2,6-7H2/t12-,13-,14+/m0/s1. The number of hydrogen-bond donors (Lipinski definition) is 0. The molecule has 21 heavy (non-hydrogen) atoms. The normalized spacial score (nSPS) is 31.1. The van der Waals surface area contributed by atoms with Crippen molar-refractivity contribution in [1.29, 1.82) is 0 Å². The lowest BCUT2D eigenvalue weighted by molar-refractivity contribution is -0.502. The maximum absolute atomic E-state index is 12.3. The van der Waals surface area contributed by atoms with Gasteiger partial charge in [0.15, 0.2) is 0 Å². The Hall–Kier alpha value is -2.31. The molecule has 1 spiro atoms. The van der Waals surface area contributed by atoms with Crippen LogP contribution in [0.15, 0.2) is 24.3 Å². The lowest BCUT2D eigenvalue weighted by Crippen LogP contribution is -2.27. The van der Waals surface area contributed by atoms with Crippen molar-refractivity contribution < 1.29 is 14.6 Å². The minimum atomic E-state index is -0.938. The molecular weight excluding hydrogens is 276 g/mol. The Labute approximate surface area is 120 Å². The molecule has 3 atom stereocenters. The Morgan fingerprint density at radius 1 is 1.19 bits per heavy atom. The summed E-state index contributed by atoms with van der Waals surface area (Å²) in [6, 6.07) is 4.93. The smallest absolute Gasteiger partial charge is 0.269 e. The van der Waals surface area contributed by atoms with Crippen LogP contribution in [0.4, 0.5) is 5.69 Å². The predicted octanol–water partition coefficient (Wildman–Crippen LogP) is 2.47. The summed E-state index contributed by atoms with van der Waals surface area (Å²) in [5.41, 5.74) is -0.502. The van der Waals surface area contributed by atoms with Crippen LogP contribution >= 0.6 is 0 Å². The van der Waals surface area contributed by atoms with E-state index in [4.69, 9.17) is 0 Å². The number of rotatable bonds is 3. The van der Waals surface area contributed by atoms with Crippen LogP contribution < -0.4 is 0 Å². The van der Waals surface area contributed by atoms with Gasteiger partial charge in [-0.1, -0.05) is 18.6 Å². The van der Waals surface area contributed by atoms with E-state index in [1.54, 1.807) is 6.07 Å². The van der Waals surface area contributed by atoms with Crippen LogP contribution in [0.2, 0.25) is 0 Å². The van der Waals surface area contributed by atoms with Crippen LogP contribution in [0, 0.1) is 25.6 Å². The van der Waals surface area contributed by atoms with Crippen molar-refractivity contribution in [3.8, 4) is 0 Å². The third-order valence-corrected chi connectivity index (χ3v) is 4.72. The Bertz CT molecular complexity index is 644. The number of benzene rings is 1. The molecule has 0 amide bonds. The van der Waals surface area contributed by atoms with Crippen LogP contribution in [-0.2, 0) is 4.79 Å². The van der Waals surface area contributed by atoms with Gasteiger partial charge in [-0.2, -0.15) is 0 Å². The van der Waals surface area contributed by atoms with Gasteiger partial charge in [0, 0.05) is 23.5 Å². The minimum absolute atomic E-state index is 0.0630. The molecule has 7 heteroatoms. The summed E-state index contributed by atoms with van der Waals surface area (Å²) in [4.78, 5) is 33.5. The summed E-state index contributed by atoms with van der Waals surface area (Å²) in [5.74, 6) is -0.591. The van der Waals surface area contributed by atoms with Gasteiger partial charge in [-0.3, -0.25) is 25.0 Å². The van der Waals surface area contributed by atoms with Crippen molar-refractivity contribution in [3.63, 3.8) is 0 Å². The van der Waals surface area contributed by atoms with Gasteiger partial charge in [0.25, 0.3) is 5.69 Å². The second-order valence-electron chi connectivity index (χ2n) is 5.73. The first-order valence-electron chi connectivity index (χ1n) is 6.89. The molecule has 0 radical (unpaired) electrons. The van der Waals surface area contributed by atoms with E-state index < -0.39 is 27.2 Å². The molecule has 0 aliphatic heterocycles. The minimum Gasteiger partial charge on any atom is -0.299 e. The maximum Gasteiger partial charge on any atom is 0.269 e. The summed E-state index contributed by atoms with van der Waals surface area (Å²) >= 11 is 0. The molecule has 7 nitrogen and oxygen atoms in total. The number of nitro groups is 2. The summed E-state index contributed by atoms with van der Waals surface area (Å²) in [6.45, 7) is 0. The van der Waals surface area contributed by atoms with Gasteiger partial charge in [0.05, 0.1) is 10.8 Å². The Morgan fingerprint density at radius 2 is 1.95 bits per heavy atom. The Balaban J connectivity index is 2.01. The van der Waals surface area contributed by atoms with E-state index in [-0.39, 0.29) is 11.5 Å². The van der Waals surface area contributed by atoms with E-state index in [2.05, 4.69) is 0 Å². The first-order chi connectivity index (χ1) is 9.98. The van der Waals surface area contributed by atoms with Crippen LogP contribution in [0.1, 0.15) is 37.2 Å². The number of non-ortho nitro benzene ring substituents is 1. The van der Waals surface area contributed by atoms with Crippen LogP contribution in [0.3, 0.4) is 0 Å². The number of Topliss-reactive ketones (excluding diaryl/α,β-unsaturated/α-hetero) is 1. The number of nitrogens with zero attached hydrogens (tertiary/aromatic N) is 2. The Kier molecular flexibility index (Phi) is 3.00. The predicted molar refractivity (Wildman–Crippen MR) is 72.5 cm³/mol. The summed E-state index contributed by atoms with van der Waals surface area (Å²) in [6.07, 6.45) is 2.44. The van der Waals surface area contributed by atoms with E-state index in [1.165, 1.54) is 18.2 Å². The van der Waals surface area contributed by atoms with E-state index in [0.717, 1.165) is 12.8 Å². The molecule has 3 rings (SSSR count). The fraction of sp³-hybridized carbons (Fsp3) is 0.500. The molecule has 1 aromatic carbocycles. The number of ketones is 1. The maximum atomic E-state index is 12.3. The zero-order valence-electron chi connectivity index (χ0n) is 11.2. The topological polar surface area (TPSA) is 103 Å². The second kappa shape index (κ2) is 4.61. The monoisotopic (exact) mass is 290 g/mol. The average molecular weight is 290 g/mol. The van der Waals surface area contributed by atoms with Crippen LogP contribution in [0.5, 0.6) is 0 Å². The fourth-order valence-corrected chi connectivity index (χ4v) is 3.76. The average Bonchev–Trinajstić information content (AvgIpc) is 3.12. The van der Waals surface area contributed by atoms with Gasteiger partial charge < -0.3 is 0 Å². The molecule has 110 valence electrons. The summed E-state index contributed by atoms with van der Waals surface area (Å²) in [7, 11) is 0. The molecule has 0 saturated heterocycles. The fourth-order valence-electron chi connectivity index (χ4n) is 3.76. The SMILES string of the molecule is O=C1CCCC[C@@]12[C@@H]([N+](=O)[O-])[C@@H]2c1cccc([N+](=O)[O-])c1. The first kappa shape index (κ1) is 13.7. The van der Waals surface area contributed by atoms with E-state index >= 15 is 0 Å². The molecule has 0 heterocycles. The van der Waals surface area contributed by atoms with Crippen molar-refractivity contribution in [2.24, 2.45) is 5.41 Å². The van der Waals surface area contributed by atoms with Gasteiger partial charge in [-0.15, -0.1) is 0 Å². The number of carbonyl (C=O) groups excluding carboxylic acids is 1. The molecule has 0 aromatic heterocycles. The van der Waals surface area contributed by atoms with Crippen molar-refractivity contribution >= 4 is 11.5 Å². The van der Waals surface area contributed by atoms with Crippen molar-refractivity contribution in [3.05, 3.63) is 50.1 Å². The highest BCUT2D eigenvalue weighted by molar-refractivity contribution is 5.91. The molecule has 2 saturated carbocycles. The lowest BCUT2D eigenvalue weighted by atomic mass is 9.81. The molecular formula is C14H14N2O5. The van der Waals surface area contributed by atoms with Gasteiger partial charge >= 0.3 is 0 Å². The second-order valence-corrected chi connectivity index (χ2v) is 5.73. The van der Waals surface area contributed by atoms with Gasteiger partial charge in [0.1, 0.15) is 11.2 Å². The third-order valence-electron chi connectivity index (χ3n) is 4.72. The van der Waals surface area contributed by atoms with Crippen molar-refractivity contribution in [2.75, 3.05) is 0 Å². The van der Waals surface area contributed by atoms with Crippen LogP contribution in [-0.4, -0.2) is 21.7 Å². The van der Waals surface area contributed by atoms with E-state index in [9.17, 15) is 25.0 Å². The van der Waals surface area contributed by atoms with Crippen molar-refractivity contribution in [2.45, 2.75) is 37.6 Å². The van der Waals surface area contributed by atoms with E-state index in [0.29, 0.717) is 18.4 Å². The highest BCUT2D eigenvalue weighted by Crippen LogP contribution is 2.66. The van der Waals surface area contributed by atoms with Gasteiger partial charge in [0.2, 0.25) is 6.04 Å². The zero-order chi connectivity index (χ0) is 15.2. The van der Waals surface area contributed by atoms with Crippen molar-refractivity contribution in [1.82, 2.24) is 0 Å². The molecule has 0 unspecified atom stereocenters. The van der Waals surface area contributed by atoms with Gasteiger partial charge in [-0.05, 0) is 18.4 Å². The molecule has 2 aliphatic rings. The highest BCUT2D eigenvalue weighted by Gasteiger charge is 2.77. The number of nitro benzene ring substituents is 1. The first-order valence-corrected chi connectivity index (χ1v) is 6.89.